The van der Waals surface area contributed by atoms with Crippen molar-refractivity contribution in [2.75, 3.05) is 13.2 Å². The summed E-state index contributed by atoms with van der Waals surface area (Å²) in [4.78, 5) is 22.1. The third-order valence-corrected chi connectivity index (χ3v) is 2.27. The van der Waals surface area contributed by atoms with E-state index in [9.17, 15) is 9.59 Å². The molecule has 0 rings (SSSR count). The van der Waals surface area contributed by atoms with Crippen molar-refractivity contribution < 1.29 is 19.4 Å². The molecule has 0 radical (unpaired) electrons. The number of carbonyl (C=O) groups is 2. The molecule has 0 bridgehead atoms. The van der Waals surface area contributed by atoms with Gasteiger partial charge in [0.05, 0.1) is 6.61 Å². The second kappa shape index (κ2) is 9.89. The minimum absolute atomic E-state index is 0.315. The van der Waals surface area contributed by atoms with Gasteiger partial charge in [0.2, 0.25) is 0 Å². The zero-order chi connectivity index (χ0) is 13.1. The van der Waals surface area contributed by atoms with Gasteiger partial charge < -0.3 is 20.9 Å². The van der Waals surface area contributed by atoms with Crippen LogP contribution in [0.15, 0.2) is 0 Å². The van der Waals surface area contributed by atoms with Gasteiger partial charge in [0.15, 0.2) is 0 Å². The van der Waals surface area contributed by atoms with Crippen molar-refractivity contribution in [2.45, 2.75) is 45.1 Å². The van der Waals surface area contributed by atoms with Crippen molar-refractivity contribution in [3.8, 4) is 0 Å². The Balaban J connectivity index is 3.83. The van der Waals surface area contributed by atoms with E-state index in [2.05, 4.69) is 5.32 Å². The lowest BCUT2D eigenvalue weighted by atomic mass is 10.1. The molecule has 4 N–H and O–H groups in total. The van der Waals surface area contributed by atoms with Gasteiger partial charge in [0, 0.05) is 0 Å². The van der Waals surface area contributed by atoms with Crippen LogP contribution in [0.2, 0.25) is 0 Å². The van der Waals surface area contributed by atoms with Crippen LogP contribution in [0.3, 0.4) is 0 Å². The molecule has 1 amide bonds. The Hall–Kier alpha value is -1.30. The molecule has 0 aliphatic heterocycles. The first-order valence-corrected chi connectivity index (χ1v) is 5.98. The van der Waals surface area contributed by atoms with Crippen molar-refractivity contribution in [2.24, 2.45) is 5.73 Å². The number of hydrogen-bond acceptors (Lipinski definition) is 4. The zero-order valence-electron chi connectivity index (χ0n) is 10.3. The summed E-state index contributed by atoms with van der Waals surface area (Å²) >= 11 is 0. The molecule has 0 aliphatic carbocycles. The van der Waals surface area contributed by atoms with E-state index in [1.54, 1.807) is 0 Å². The predicted molar refractivity (Wildman–Crippen MR) is 63.7 cm³/mol. The largest absolute Gasteiger partial charge is 0.480 e. The van der Waals surface area contributed by atoms with E-state index in [4.69, 9.17) is 15.6 Å². The van der Waals surface area contributed by atoms with Gasteiger partial charge in [0.1, 0.15) is 6.04 Å². The van der Waals surface area contributed by atoms with Gasteiger partial charge in [-0.05, 0) is 25.8 Å². The van der Waals surface area contributed by atoms with Crippen molar-refractivity contribution in [3.63, 3.8) is 0 Å². The Bertz CT molecular complexity index is 234. The smallest absolute Gasteiger partial charge is 0.407 e. The number of carboxylic acids is 1. The highest BCUT2D eigenvalue weighted by Gasteiger charge is 2.19. The van der Waals surface area contributed by atoms with Crippen LogP contribution in [0.4, 0.5) is 4.79 Å². The molecule has 6 nitrogen and oxygen atoms in total. The highest BCUT2D eigenvalue weighted by atomic mass is 16.5. The molecule has 6 heteroatoms. The molecular weight excluding hydrogens is 224 g/mol. The summed E-state index contributed by atoms with van der Waals surface area (Å²) in [7, 11) is 0. The van der Waals surface area contributed by atoms with Crippen LogP contribution >= 0.6 is 0 Å². The highest BCUT2D eigenvalue weighted by molar-refractivity contribution is 5.79. The number of nitrogens with two attached hydrogens (primary N) is 1. The maximum atomic E-state index is 11.3. The van der Waals surface area contributed by atoms with Crippen molar-refractivity contribution in [1.82, 2.24) is 5.32 Å². The first kappa shape index (κ1) is 15.7. The van der Waals surface area contributed by atoms with E-state index in [1.165, 1.54) is 0 Å². The maximum absolute atomic E-state index is 11.3. The molecule has 0 heterocycles. The second-order valence-corrected chi connectivity index (χ2v) is 3.81. The summed E-state index contributed by atoms with van der Waals surface area (Å²) in [5, 5.41) is 11.2. The average Bonchev–Trinajstić information content (AvgIpc) is 2.29. The predicted octanol–water partition coefficient (Wildman–Crippen LogP) is 1.09. The third-order valence-electron chi connectivity index (χ3n) is 2.27. The molecule has 0 unspecified atom stereocenters. The summed E-state index contributed by atoms with van der Waals surface area (Å²) in [6.45, 7) is 2.77. The second-order valence-electron chi connectivity index (χ2n) is 3.81. The lowest BCUT2D eigenvalue weighted by Gasteiger charge is -2.13. The molecule has 0 fully saturated rings. The quantitative estimate of drug-likeness (QED) is 0.529. The molecule has 0 aromatic carbocycles. The van der Waals surface area contributed by atoms with Crippen molar-refractivity contribution in [1.29, 1.82) is 0 Å². The van der Waals surface area contributed by atoms with Gasteiger partial charge in [-0.3, -0.25) is 0 Å². The van der Waals surface area contributed by atoms with Gasteiger partial charge in [-0.2, -0.15) is 0 Å². The summed E-state index contributed by atoms with van der Waals surface area (Å²) in [6, 6.07) is -0.919. The molecule has 0 saturated carbocycles. The number of amides is 1. The fourth-order valence-corrected chi connectivity index (χ4v) is 1.28. The highest BCUT2D eigenvalue weighted by Crippen LogP contribution is 1.99. The number of ether oxygens (including phenoxy) is 1. The molecular formula is C11H22N2O4. The number of alkyl carbamates (subject to hydrolysis) is 1. The van der Waals surface area contributed by atoms with E-state index in [-0.39, 0.29) is 0 Å². The molecule has 1 atom stereocenters. The number of unbranched alkanes of at least 4 members (excludes halogenated alkanes) is 2. The van der Waals surface area contributed by atoms with Crippen LogP contribution < -0.4 is 11.1 Å². The Morgan fingerprint density at radius 2 is 2.06 bits per heavy atom. The number of rotatable bonds is 9. The lowest BCUT2D eigenvalue weighted by molar-refractivity contribution is -0.139. The number of carboxylic acid groups (broad SMARTS) is 1. The molecule has 0 aliphatic rings. The van der Waals surface area contributed by atoms with Crippen LogP contribution in [0, 0.1) is 0 Å². The Morgan fingerprint density at radius 1 is 1.35 bits per heavy atom. The fourth-order valence-electron chi connectivity index (χ4n) is 1.28. The van der Waals surface area contributed by atoms with E-state index in [0.717, 1.165) is 19.3 Å². The minimum Gasteiger partial charge on any atom is -0.480 e. The van der Waals surface area contributed by atoms with Gasteiger partial charge in [-0.15, -0.1) is 0 Å². The maximum Gasteiger partial charge on any atom is 0.407 e. The van der Waals surface area contributed by atoms with Gasteiger partial charge >= 0.3 is 12.1 Å². The molecule has 0 aromatic heterocycles. The van der Waals surface area contributed by atoms with Crippen LogP contribution in [0.1, 0.15) is 39.0 Å². The molecule has 0 spiro atoms. The normalized spacial score (nSPS) is 11.9. The third kappa shape index (κ3) is 8.50. The Kier molecular flexibility index (Phi) is 9.14. The summed E-state index contributed by atoms with van der Waals surface area (Å²) in [6.07, 6.45) is 3.01. The topological polar surface area (TPSA) is 102 Å². The van der Waals surface area contributed by atoms with Gasteiger partial charge in [-0.1, -0.05) is 19.8 Å². The van der Waals surface area contributed by atoms with Gasteiger partial charge in [-0.25, -0.2) is 9.59 Å². The first-order valence-electron chi connectivity index (χ1n) is 5.98. The van der Waals surface area contributed by atoms with Crippen LogP contribution in [-0.4, -0.2) is 36.4 Å². The minimum atomic E-state index is -1.07. The SMILES string of the molecule is CCCCCOC(=O)N[C@H](CCCN)C(=O)O. The molecule has 100 valence electrons. The summed E-state index contributed by atoms with van der Waals surface area (Å²) < 4.78 is 4.86. The molecule has 17 heavy (non-hydrogen) atoms. The fraction of sp³-hybridized carbons (Fsp3) is 0.818. The first-order chi connectivity index (χ1) is 8.11. The van der Waals surface area contributed by atoms with Gasteiger partial charge in [0.25, 0.3) is 0 Å². The Labute approximate surface area is 102 Å². The molecule has 0 saturated heterocycles. The van der Waals surface area contributed by atoms with E-state index in [1.807, 2.05) is 6.92 Å². The van der Waals surface area contributed by atoms with Crippen LogP contribution in [0.5, 0.6) is 0 Å². The molecule has 0 aromatic rings. The van der Waals surface area contributed by atoms with Crippen molar-refractivity contribution >= 4 is 12.1 Å². The van der Waals surface area contributed by atoms with E-state index >= 15 is 0 Å². The van der Waals surface area contributed by atoms with Crippen LogP contribution in [-0.2, 0) is 9.53 Å². The number of aliphatic carboxylic acids is 1. The zero-order valence-corrected chi connectivity index (χ0v) is 10.3. The standard InChI is InChI=1S/C11H22N2O4/c1-2-3-4-8-17-11(16)13-9(10(14)15)6-5-7-12/h9H,2-8,12H2,1H3,(H,13,16)(H,14,15)/t9-/m1/s1. The van der Waals surface area contributed by atoms with Crippen LogP contribution in [0.25, 0.3) is 0 Å². The van der Waals surface area contributed by atoms with E-state index < -0.39 is 18.1 Å². The number of nitrogens with one attached hydrogen (secondary N) is 1. The lowest BCUT2D eigenvalue weighted by Crippen LogP contribution is -2.41. The average molecular weight is 246 g/mol. The number of hydrogen-bond donors (Lipinski definition) is 3. The number of carbonyl (C=O) groups excluding carboxylic acids is 1. The summed E-state index contributed by atoms with van der Waals surface area (Å²) in [5.41, 5.74) is 5.28. The summed E-state index contributed by atoms with van der Waals surface area (Å²) in [5.74, 6) is -1.07. The Morgan fingerprint density at radius 3 is 2.59 bits per heavy atom. The van der Waals surface area contributed by atoms with E-state index in [0.29, 0.717) is 26.0 Å². The monoisotopic (exact) mass is 246 g/mol. The van der Waals surface area contributed by atoms with Crippen molar-refractivity contribution in [3.05, 3.63) is 0 Å².